The highest BCUT2D eigenvalue weighted by Crippen LogP contribution is 2.32. The molecule has 1 saturated heterocycles. The molecule has 1 fully saturated rings. The number of pyridine rings is 1. The molecule has 1 aliphatic heterocycles. The number of nitrogens with two attached hydrogens (primary N) is 1. The number of nitrogens with zero attached hydrogens (tertiary/aromatic N) is 3. The fourth-order valence-corrected chi connectivity index (χ4v) is 3.67. The number of phenolic OH excluding ortho intramolecular Hbond substituents is 2. The first-order chi connectivity index (χ1) is 15.9. The maximum Gasteiger partial charge on any atom is 0.271 e. The number of carbonyl (C=O) groups excluding carboxylic acids is 2. The van der Waals surface area contributed by atoms with Crippen LogP contribution in [0, 0.1) is 0 Å². The van der Waals surface area contributed by atoms with E-state index in [1.54, 1.807) is 42.5 Å². The molecule has 2 atom stereocenters. The van der Waals surface area contributed by atoms with Gasteiger partial charge in [0.15, 0.2) is 29.5 Å². The Bertz CT molecular complexity index is 1170. The molecule has 0 bridgehead atoms. The number of aromatic hydroxyl groups is 2. The number of hydrogen-bond donors (Lipinski definition) is 5. The zero-order chi connectivity index (χ0) is 23.5. The molecule has 0 aliphatic carbocycles. The van der Waals surface area contributed by atoms with Crippen LogP contribution in [0.15, 0.2) is 49.2 Å². The van der Waals surface area contributed by atoms with E-state index < -0.39 is 35.5 Å². The molecule has 3 aromatic rings. The molecule has 1 aliphatic rings. The third-order valence-corrected chi connectivity index (χ3v) is 5.44. The van der Waals surface area contributed by atoms with Crippen molar-refractivity contribution in [3.8, 4) is 17.2 Å². The van der Waals surface area contributed by atoms with Crippen molar-refractivity contribution in [3.63, 3.8) is 0 Å². The number of hydroxylamine groups is 2. The number of phenols is 2. The SMILES string of the molecule is CC1ON(CCc2cnc[nH]2)C(=O)C1NC(=O)c1c(-[n+]2cccc(CN)c2)ccc(O)c1O. The van der Waals surface area contributed by atoms with Crippen LogP contribution in [0.1, 0.15) is 28.5 Å². The van der Waals surface area contributed by atoms with Gasteiger partial charge in [-0.3, -0.25) is 14.4 Å². The van der Waals surface area contributed by atoms with Gasteiger partial charge >= 0.3 is 0 Å². The van der Waals surface area contributed by atoms with Gasteiger partial charge in [0.25, 0.3) is 11.8 Å². The second-order valence-corrected chi connectivity index (χ2v) is 7.68. The largest absolute Gasteiger partial charge is 0.504 e. The zero-order valence-electron chi connectivity index (χ0n) is 17.9. The predicted molar refractivity (Wildman–Crippen MR) is 115 cm³/mol. The summed E-state index contributed by atoms with van der Waals surface area (Å²) in [4.78, 5) is 38.6. The first-order valence-corrected chi connectivity index (χ1v) is 10.4. The van der Waals surface area contributed by atoms with E-state index in [0.29, 0.717) is 12.1 Å². The first-order valence-electron chi connectivity index (χ1n) is 10.4. The van der Waals surface area contributed by atoms with Gasteiger partial charge in [-0.1, -0.05) is 0 Å². The Kier molecular flexibility index (Phi) is 6.24. The Hall–Kier alpha value is -3.96. The van der Waals surface area contributed by atoms with Crippen molar-refractivity contribution in [3.05, 3.63) is 66.0 Å². The lowest BCUT2D eigenvalue weighted by molar-refractivity contribution is -0.596. The summed E-state index contributed by atoms with van der Waals surface area (Å²) in [6.45, 7) is 2.23. The number of aromatic amines is 1. The number of nitrogens with one attached hydrogen (secondary N) is 2. The second kappa shape index (κ2) is 9.27. The summed E-state index contributed by atoms with van der Waals surface area (Å²) in [6.07, 6.45) is 6.49. The van der Waals surface area contributed by atoms with Crippen molar-refractivity contribution in [2.75, 3.05) is 6.54 Å². The summed E-state index contributed by atoms with van der Waals surface area (Å²) >= 11 is 0. The number of benzene rings is 1. The normalized spacial score (nSPS) is 18.0. The first kappa shape index (κ1) is 22.2. The van der Waals surface area contributed by atoms with Crippen LogP contribution >= 0.6 is 0 Å². The molecule has 2 aromatic heterocycles. The zero-order valence-corrected chi connectivity index (χ0v) is 17.9. The van der Waals surface area contributed by atoms with Crippen molar-refractivity contribution in [1.82, 2.24) is 20.3 Å². The Morgan fingerprint density at radius 3 is 2.91 bits per heavy atom. The van der Waals surface area contributed by atoms with Gasteiger partial charge in [-0.15, -0.1) is 0 Å². The lowest BCUT2D eigenvalue weighted by Crippen LogP contribution is -2.46. The molecule has 3 heterocycles. The summed E-state index contributed by atoms with van der Waals surface area (Å²) in [5.41, 5.74) is 7.50. The average Bonchev–Trinajstić information content (AvgIpc) is 3.43. The van der Waals surface area contributed by atoms with Gasteiger partial charge in [-0.25, -0.2) is 10.0 Å². The maximum absolute atomic E-state index is 13.2. The molecule has 0 radical (unpaired) electrons. The molecule has 0 saturated carbocycles. The van der Waals surface area contributed by atoms with Gasteiger partial charge < -0.3 is 26.2 Å². The number of hydrogen-bond acceptors (Lipinski definition) is 7. The van der Waals surface area contributed by atoms with Crippen molar-refractivity contribution in [2.45, 2.75) is 32.0 Å². The average molecular weight is 453 g/mol. The van der Waals surface area contributed by atoms with E-state index in [1.165, 1.54) is 17.2 Å². The van der Waals surface area contributed by atoms with E-state index in [0.717, 1.165) is 11.3 Å². The van der Waals surface area contributed by atoms with Crippen LogP contribution in [0.2, 0.25) is 0 Å². The van der Waals surface area contributed by atoms with E-state index >= 15 is 0 Å². The van der Waals surface area contributed by atoms with Crippen LogP contribution in [0.4, 0.5) is 0 Å². The van der Waals surface area contributed by atoms with E-state index in [-0.39, 0.29) is 18.7 Å². The Balaban J connectivity index is 1.56. The lowest BCUT2D eigenvalue weighted by atomic mass is 10.1. The molecule has 2 unspecified atom stereocenters. The fourth-order valence-electron chi connectivity index (χ4n) is 3.67. The van der Waals surface area contributed by atoms with Crippen LogP contribution in [0.25, 0.3) is 5.69 Å². The van der Waals surface area contributed by atoms with Crippen molar-refractivity contribution in [2.24, 2.45) is 5.73 Å². The van der Waals surface area contributed by atoms with Crippen LogP contribution in [0.5, 0.6) is 11.5 Å². The second-order valence-electron chi connectivity index (χ2n) is 7.68. The number of rotatable bonds is 7. The molecule has 11 heteroatoms. The topological polar surface area (TPSA) is 158 Å². The third kappa shape index (κ3) is 4.49. The minimum atomic E-state index is -0.964. The van der Waals surface area contributed by atoms with Crippen molar-refractivity contribution < 1.29 is 29.2 Å². The number of carbonyl (C=O) groups is 2. The lowest BCUT2D eigenvalue weighted by Gasteiger charge is -2.15. The summed E-state index contributed by atoms with van der Waals surface area (Å²) in [5, 5.41) is 24.4. The van der Waals surface area contributed by atoms with E-state index in [4.69, 9.17) is 10.6 Å². The smallest absolute Gasteiger partial charge is 0.271 e. The standard InChI is InChI=1S/C22H24N6O5/c1-13-19(22(32)28(33-13)8-6-15-10-24-12-25-15)26-21(31)18-16(4-5-17(29)20(18)30)27-7-2-3-14(9-23)11-27/h2-5,7,10-13,19H,6,8-9,23H2,1H3,(H3-,24,25,26,29,30,31)/p+1. The molecular weight excluding hydrogens is 428 g/mol. The number of imidazole rings is 1. The summed E-state index contributed by atoms with van der Waals surface area (Å²) in [7, 11) is 0. The molecule has 11 nitrogen and oxygen atoms in total. The highest BCUT2D eigenvalue weighted by Gasteiger charge is 2.41. The van der Waals surface area contributed by atoms with Gasteiger partial charge in [-0.05, 0) is 19.1 Å². The Morgan fingerprint density at radius 1 is 1.36 bits per heavy atom. The van der Waals surface area contributed by atoms with Crippen molar-refractivity contribution in [1.29, 1.82) is 0 Å². The van der Waals surface area contributed by atoms with E-state index in [9.17, 15) is 19.8 Å². The highest BCUT2D eigenvalue weighted by atomic mass is 16.7. The minimum Gasteiger partial charge on any atom is -0.504 e. The molecule has 1 aromatic carbocycles. The van der Waals surface area contributed by atoms with Crippen LogP contribution in [-0.2, 0) is 22.6 Å². The van der Waals surface area contributed by atoms with Gasteiger partial charge in [-0.2, -0.15) is 4.57 Å². The molecule has 33 heavy (non-hydrogen) atoms. The van der Waals surface area contributed by atoms with Crippen LogP contribution in [-0.4, -0.2) is 55.7 Å². The van der Waals surface area contributed by atoms with Gasteiger partial charge in [0.1, 0.15) is 12.1 Å². The molecule has 2 amide bonds. The minimum absolute atomic E-state index is 0.176. The molecule has 172 valence electrons. The number of amides is 2. The Labute approximate surface area is 189 Å². The van der Waals surface area contributed by atoms with Gasteiger partial charge in [0, 0.05) is 42.6 Å². The third-order valence-electron chi connectivity index (χ3n) is 5.44. The quantitative estimate of drug-likeness (QED) is 0.250. The maximum atomic E-state index is 13.2. The highest BCUT2D eigenvalue weighted by molar-refractivity contribution is 6.02. The summed E-state index contributed by atoms with van der Waals surface area (Å²) in [5.74, 6) is -2.18. The summed E-state index contributed by atoms with van der Waals surface area (Å²) < 4.78 is 1.61. The number of H-pyrrole nitrogens is 1. The molecule has 4 rings (SSSR count). The molecular formula is C22H25N6O5+. The van der Waals surface area contributed by atoms with E-state index in [1.807, 2.05) is 6.07 Å². The van der Waals surface area contributed by atoms with Crippen LogP contribution in [0.3, 0.4) is 0 Å². The monoisotopic (exact) mass is 453 g/mol. The van der Waals surface area contributed by atoms with E-state index in [2.05, 4.69) is 15.3 Å². The molecule has 0 spiro atoms. The fraction of sp³-hybridized carbons (Fsp3) is 0.273. The predicted octanol–water partition coefficient (Wildman–Crippen LogP) is 0.0597. The number of aromatic nitrogens is 3. The Morgan fingerprint density at radius 2 is 2.18 bits per heavy atom. The van der Waals surface area contributed by atoms with Crippen molar-refractivity contribution >= 4 is 11.8 Å². The summed E-state index contributed by atoms with van der Waals surface area (Å²) in [6, 6.07) is 5.39. The van der Waals surface area contributed by atoms with Gasteiger partial charge in [0.05, 0.1) is 12.9 Å². The molecule has 6 N–H and O–H groups in total. The van der Waals surface area contributed by atoms with Gasteiger partial charge in [0.2, 0.25) is 5.69 Å². The van der Waals surface area contributed by atoms with Crippen LogP contribution < -0.4 is 15.6 Å².